The highest BCUT2D eigenvalue weighted by molar-refractivity contribution is 5.82. The first kappa shape index (κ1) is 18.4. The van der Waals surface area contributed by atoms with E-state index in [1.165, 1.54) is 0 Å². The fourth-order valence-corrected chi connectivity index (χ4v) is 3.43. The topological polar surface area (TPSA) is 72.8 Å². The molecule has 1 unspecified atom stereocenters. The number of amides is 1. The first-order valence-electron chi connectivity index (χ1n) is 9.16. The van der Waals surface area contributed by atoms with Crippen molar-refractivity contribution in [2.45, 2.75) is 31.3 Å². The number of nitrogens with zero attached hydrogens (tertiary/aromatic N) is 1. The molecule has 138 valence electrons. The van der Waals surface area contributed by atoms with Crippen molar-refractivity contribution in [2.75, 3.05) is 19.7 Å². The zero-order valence-corrected chi connectivity index (χ0v) is 14.8. The van der Waals surface area contributed by atoms with E-state index in [0.29, 0.717) is 6.42 Å². The van der Waals surface area contributed by atoms with Crippen LogP contribution in [0.4, 0.5) is 0 Å². The van der Waals surface area contributed by atoms with E-state index < -0.39 is 6.04 Å². The average Bonchev–Trinajstić information content (AvgIpc) is 3.21. The van der Waals surface area contributed by atoms with Gasteiger partial charge in [-0.15, -0.1) is 0 Å². The number of carbonyl (C=O) groups excluding carboxylic acids is 1. The van der Waals surface area contributed by atoms with Gasteiger partial charge in [-0.05, 0) is 42.5 Å². The van der Waals surface area contributed by atoms with Crippen LogP contribution in [0.1, 0.15) is 30.0 Å². The Bertz CT molecular complexity index is 697. The van der Waals surface area contributed by atoms with Crippen molar-refractivity contribution in [1.29, 1.82) is 0 Å². The molecule has 2 atom stereocenters. The van der Waals surface area contributed by atoms with Gasteiger partial charge in [0, 0.05) is 13.1 Å². The SMILES string of the molecule is O=C([C@H](Cc1ccc(O)cc1)NC(CO)c1ccccc1)N1CCCC1. The Morgan fingerprint density at radius 2 is 1.69 bits per heavy atom. The maximum atomic E-state index is 13.0. The molecule has 1 aliphatic heterocycles. The quantitative estimate of drug-likeness (QED) is 0.713. The number of aliphatic hydroxyl groups is 1. The Kier molecular flexibility index (Phi) is 6.26. The molecule has 0 saturated carbocycles. The number of carbonyl (C=O) groups is 1. The summed E-state index contributed by atoms with van der Waals surface area (Å²) in [5.74, 6) is 0.284. The smallest absolute Gasteiger partial charge is 0.240 e. The standard InChI is InChI=1S/C21H26N2O3/c24-15-20(17-6-2-1-3-7-17)22-19(21(26)23-12-4-5-13-23)14-16-8-10-18(25)11-9-16/h1-3,6-11,19-20,22,24-25H,4-5,12-15H2/t19-,20?/m0/s1. The average molecular weight is 354 g/mol. The molecule has 5 nitrogen and oxygen atoms in total. The van der Waals surface area contributed by atoms with Crippen molar-refractivity contribution in [3.05, 3.63) is 65.7 Å². The number of nitrogens with one attached hydrogen (secondary N) is 1. The van der Waals surface area contributed by atoms with E-state index in [-0.39, 0.29) is 24.3 Å². The van der Waals surface area contributed by atoms with Crippen molar-refractivity contribution >= 4 is 5.91 Å². The maximum Gasteiger partial charge on any atom is 0.240 e. The van der Waals surface area contributed by atoms with Crippen LogP contribution in [0.25, 0.3) is 0 Å². The number of phenolic OH excluding ortho intramolecular Hbond substituents is 1. The Hall–Kier alpha value is -2.37. The third-order valence-corrected chi connectivity index (χ3v) is 4.88. The fraction of sp³-hybridized carbons (Fsp3) is 0.381. The van der Waals surface area contributed by atoms with Gasteiger partial charge in [0.2, 0.25) is 5.91 Å². The van der Waals surface area contributed by atoms with E-state index in [0.717, 1.165) is 37.1 Å². The van der Waals surface area contributed by atoms with Crippen molar-refractivity contribution < 1.29 is 15.0 Å². The summed E-state index contributed by atoms with van der Waals surface area (Å²) in [5.41, 5.74) is 1.93. The lowest BCUT2D eigenvalue weighted by Crippen LogP contribution is -2.48. The van der Waals surface area contributed by atoms with E-state index in [2.05, 4.69) is 5.32 Å². The normalized spacial score (nSPS) is 16.4. The van der Waals surface area contributed by atoms with Gasteiger partial charge in [-0.3, -0.25) is 10.1 Å². The monoisotopic (exact) mass is 354 g/mol. The summed E-state index contributed by atoms with van der Waals surface area (Å²) in [7, 11) is 0. The molecule has 0 aliphatic carbocycles. The minimum Gasteiger partial charge on any atom is -0.508 e. The summed E-state index contributed by atoms with van der Waals surface area (Å²) in [6, 6.07) is 15.9. The molecular formula is C21H26N2O3. The summed E-state index contributed by atoms with van der Waals surface area (Å²) in [5, 5.41) is 22.7. The number of benzene rings is 2. The van der Waals surface area contributed by atoms with Crippen LogP contribution < -0.4 is 5.32 Å². The lowest BCUT2D eigenvalue weighted by molar-refractivity contribution is -0.132. The predicted octanol–water partition coefficient (Wildman–Crippen LogP) is 2.25. The molecule has 1 aliphatic rings. The van der Waals surface area contributed by atoms with Gasteiger partial charge in [0.15, 0.2) is 0 Å². The first-order chi connectivity index (χ1) is 12.7. The molecule has 0 spiro atoms. The van der Waals surface area contributed by atoms with Crippen LogP contribution in [0.5, 0.6) is 5.75 Å². The molecule has 1 fully saturated rings. The highest BCUT2D eigenvalue weighted by Crippen LogP contribution is 2.18. The largest absolute Gasteiger partial charge is 0.508 e. The van der Waals surface area contributed by atoms with Gasteiger partial charge in [0.1, 0.15) is 5.75 Å². The third-order valence-electron chi connectivity index (χ3n) is 4.88. The fourth-order valence-electron chi connectivity index (χ4n) is 3.43. The van der Waals surface area contributed by atoms with Crippen LogP contribution in [0.15, 0.2) is 54.6 Å². The lowest BCUT2D eigenvalue weighted by Gasteiger charge is -2.28. The highest BCUT2D eigenvalue weighted by atomic mass is 16.3. The van der Waals surface area contributed by atoms with Crippen LogP contribution in [-0.4, -0.2) is 46.8 Å². The van der Waals surface area contributed by atoms with Gasteiger partial charge < -0.3 is 15.1 Å². The number of hydrogen-bond donors (Lipinski definition) is 3. The molecule has 1 saturated heterocycles. The molecule has 2 aromatic rings. The van der Waals surface area contributed by atoms with E-state index in [1.807, 2.05) is 47.4 Å². The molecular weight excluding hydrogens is 328 g/mol. The summed E-state index contributed by atoms with van der Waals surface area (Å²) in [4.78, 5) is 14.9. The Labute approximate surface area is 154 Å². The molecule has 1 amide bonds. The molecule has 3 rings (SSSR count). The second kappa shape index (κ2) is 8.83. The Morgan fingerprint density at radius 3 is 2.31 bits per heavy atom. The van der Waals surface area contributed by atoms with Crippen LogP contribution >= 0.6 is 0 Å². The van der Waals surface area contributed by atoms with E-state index in [1.54, 1.807) is 12.1 Å². The van der Waals surface area contributed by atoms with Crippen LogP contribution in [0.2, 0.25) is 0 Å². The van der Waals surface area contributed by atoms with E-state index in [9.17, 15) is 15.0 Å². The van der Waals surface area contributed by atoms with E-state index >= 15 is 0 Å². The molecule has 0 aromatic heterocycles. The molecule has 1 heterocycles. The van der Waals surface area contributed by atoms with Gasteiger partial charge in [-0.2, -0.15) is 0 Å². The summed E-state index contributed by atoms with van der Waals surface area (Å²) in [6.45, 7) is 1.51. The lowest BCUT2D eigenvalue weighted by atomic mass is 10.0. The van der Waals surface area contributed by atoms with Gasteiger partial charge >= 0.3 is 0 Å². The van der Waals surface area contributed by atoms with Gasteiger partial charge in [0.05, 0.1) is 18.7 Å². The molecule has 5 heteroatoms. The Balaban J connectivity index is 1.79. The number of aliphatic hydroxyl groups excluding tert-OH is 1. The van der Waals surface area contributed by atoms with Crippen molar-refractivity contribution in [1.82, 2.24) is 10.2 Å². The third kappa shape index (κ3) is 4.62. The van der Waals surface area contributed by atoms with Crippen molar-refractivity contribution in [3.63, 3.8) is 0 Å². The van der Waals surface area contributed by atoms with Crippen molar-refractivity contribution in [2.24, 2.45) is 0 Å². The van der Waals surface area contributed by atoms with Crippen molar-refractivity contribution in [3.8, 4) is 5.75 Å². The molecule has 0 bridgehead atoms. The molecule has 2 aromatic carbocycles. The van der Waals surface area contributed by atoms with Crippen LogP contribution in [-0.2, 0) is 11.2 Å². The number of phenols is 1. The zero-order valence-electron chi connectivity index (χ0n) is 14.8. The number of rotatable bonds is 7. The molecule has 3 N–H and O–H groups in total. The second-order valence-electron chi connectivity index (χ2n) is 6.77. The minimum atomic E-state index is -0.421. The zero-order chi connectivity index (χ0) is 18.4. The summed E-state index contributed by atoms with van der Waals surface area (Å²) >= 11 is 0. The number of hydrogen-bond acceptors (Lipinski definition) is 4. The summed E-state index contributed by atoms with van der Waals surface area (Å²) < 4.78 is 0. The van der Waals surface area contributed by atoms with Crippen LogP contribution in [0, 0.1) is 0 Å². The molecule has 0 radical (unpaired) electrons. The number of likely N-dealkylation sites (tertiary alicyclic amines) is 1. The maximum absolute atomic E-state index is 13.0. The molecule has 26 heavy (non-hydrogen) atoms. The van der Waals surface area contributed by atoms with E-state index in [4.69, 9.17) is 0 Å². The van der Waals surface area contributed by atoms with Gasteiger partial charge in [-0.1, -0.05) is 42.5 Å². The van der Waals surface area contributed by atoms with Gasteiger partial charge in [0.25, 0.3) is 0 Å². The Morgan fingerprint density at radius 1 is 1.04 bits per heavy atom. The highest BCUT2D eigenvalue weighted by Gasteiger charge is 2.28. The van der Waals surface area contributed by atoms with Crippen LogP contribution in [0.3, 0.4) is 0 Å². The van der Waals surface area contributed by atoms with Gasteiger partial charge in [-0.25, -0.2) is 0 Å². The summed E-state index contributed by atoms with van der Waals surface area (Å²) in [6.07, 6.45) is 2.60. The predicted molar refractivity (Wildman–Crippen MR) is 101 cm³/mol. The minimum absolute atomic E-state index is 0.0740. The first-order valence-corrected chi connectivity index (χ1v) is 9.16. The number of aromatic hydroxyl groups is 1. The second-order valence-corrected chi connectivity index (χ2v) is 6.77.